The van der Waals surface area contributed by atoms with Gasteiger partial charge in [-0.15, -0.1) is 0 Å². The van der Waals surface area contributed by atoms with Crippen molar-refractivity contribution in [3.8, 4) is 0 Å². The molecule has 10 nitrogen and oxygen atoms in total. The predicted octanol–water partition coefficient (Wildman–Crippen LogP) is -0.346. The van der Waals surface area contributed by atoms with Crippen molar-refractivity contribution in [2.75, 3.05) is 18.6 Å². The van der Waals surface area contributed by atoms with Crippen LogP contribution in [0.25, 0.3) is 0 Å². The Bertz CT molecular complexity index is 832. The van der Waals surface area contributed by atoms with Gasteiger partial charge < -0.3 is 31.5 Å². The number of hydrogen-bond donors (Lipinski definition) is 6. The third-order valence-corrected chi connectivity index (χ3v) is 6.22. The van der Waals surface area contributed by atoms with E-state index in [2.05, 4.69) is 21.3 Å². The maximum absolute atomic E-state index is 13.0. The third kappa shape index (κ3) is 8.62. The molecule has 0 aromatic heterocycles. The summed E-state index contributed by atoms with van der Waals surface area (Å²) in [5.74, 6) is -2.36. The minimum atomic E-state index is -1.39. The fourth-order valence-corrected chi connectivity index (χ4v) is 4.13. The molecular weight excluding hydrogens is 460 g/mol. The highest BCUT2D eigenvalue weighted by molar-refractivity contribution is 7.98. The molecule has 1 saturated heterocycles. The smallest absolute Gasteiger partial charge is 0.326 e. The van der Waals surface area contributed by atoms with Gasteiger partial charge in [-0.05, 0) is 50.3 Å². The van der Waals surface area contributed by atoms with Crippen LogP contribution in [0.5, 0.6) is 0 Å². The molecule has 0 aliphatic carbocycles. The molecule has 34 heavy (non-hydrogen) atoms. The highest BCUT2D eigenvalue weighted by atomic mass is 32.2. The van der Waals surface area contributed by atoms with Crippen molar-refractivity contribution in [1.29, 1.82) is 0 Å². The lowest BCUT2D eigenvalue weighted by Crippen LogP contribution is -2.60. The van der Waals surface area contributed by atoms with E-state index in [-0.39, 0.29) is 18.4 Å². The Hall–Kier alpha value is -2.63. The molecule has 1 aromatic carbocycles. The van der Waals surface area contributed by atoms with E-state index in [1.54, 1.807) is 30.3 Å². The second kappa shape index (κ2) is 13.9. The molecule has 1 aromatic rings. The molecule has 0 radical (unpaired) electrons. The van der Waals surface area contributed by atoms with Crippen molar-refractivity contribution in [2.45, 2.75) is 62.9 Å². The van der Waals surface area contributed by atoms with E-state index < -0.39 is 42.0 Å². The number of rotatable bonds is 13. The zero-order valence-corrected chi connectivity index (χ0v) is 20.3. The second-order valence-corrected chi connectivity index (χ2v) is 9.29. The normalized spacial score (nSPS) is 18.9. The van der Waals surface area contributed by atoms with Crippen LogP contribution in [0.2, 0.25) is 0 Å². The molecule has 3 amide bonds. The maximum Gasteiger partial charge on any atom is 0.326 e. The van der Waals surface area contributed by atoms with E-state index in [0.29, 0.717) is 24.2 Å². The fourth-order valence-electron chi connectivity index (χ4n) is 3.66. The molecule has 5 atom stereocenters. The first kappa shape index (κ1) is 27.6. The molecule has 0 saturated carbocycles. The summed E-state index contributed by atoms with van der Waals surface area (Å²) >= 11 is 1.51. The van der Waals surface area contributed by atoms with E-state index in [1.807, 2.05) is 6.26 Å². The summed E-state index contributed by atoms with van der Waals surface area (Å²) in [5.41, 5.74) is 0.716. The SMILES string of the molecule is CSCCC(NC(=O)C1CCCN1)C(=O)NC(C(=O)NC(Cc1ccccc1)C(=O)O)C(C)O. The first-order chi connectivity index (χ1) is 16.2. The Morgan fingerprint density at radius 1 is 1.09 bits per heavy atom. The monoisotopic (exact) mass is 494 g/mol. The lowest BCUT2D eigenvalue weighted by atomic mass is 10.0. The van der Waals surface area contributed by atoms with Crippen LogP contribution < -0.4 is 21.3 Å². The van der Waals surface area contributed by atoms with E-state index in [0.717, 1.165) is 13.0 Å². The molecule has 11 heteroatoms. The van der Waals surface area contributed by atoms with Crippen molar-refractivity contribution in [3.63, 3.8) is 0 Å². The summed E-state index contributed by atoms with van der Waals surface area (Å²) in [4.78, 5) is 50.0. The number of aliphatic carboxylic acids is 1. The van der Waals surface area contributed by atoms with Crippen molar-refractivity contribution >= 4 is 35.5 Å². The first-order valence-electron chi connectivity index (χ1n) is 11.3. The van der Waals surface area contributed by atoms with Crippen LogP contribution in [0, 0.1) is 0 Å². The number of benzene rings is 1. The lowest BCUT2D eigenvalue weighted by Gasteiger charge is -2.26. The predicted molar refractivity (Wildman–Crippen MR) is 129 cm³/mol. The van der Waals surface area contributed by atoms with Gasteiger partial charge >= 0.3 is 5.97 Å². The second-order valence-electron chi connectivity index (χ2n) is 8.31. The first-order valence-corrected chi connectivity index (χ1v) is 12.7. The quantitative estimate of drug-likeness (QED) is 0.217. The van der Waals surface area contributed by atoms with E-state index >= 15 is 0 Å². The van der Waals surface area contributed by atoms with Crippen LogP contribution >= 0.6 is 11.8 Å². The zero-order chi connectivity index (χ0) is 25.1. The summed E-state index contributed by atoms with van der Waals surface area (Å²) in [5, 5.41) is 30.4. The van der Waals surface area contributed by atoms with Gasteiger partial charge in [0, 0.05) is 6.42 Å². The molecule has 1 aliphatic rings. The minimum absolute atomic E-state index is 0.0448. The molecule has 5 unspecified atom stereocenters. The van der Waals surface area contributed by atoms with Crippen LogP contribution in [0.15, 0.2) is 30.3 Å². The number of nitrogens with one attached hydrogen (secondary N) is 4. The highest BCUT2D eigenvalue weighted by Gasteiger charge is 2.33. The van der Waals surface area contributed by atoms with Gasteiger partial charge in [0.25, 0.3) is 0 Å². The lowest BCUT2D eigenvalue weighted by molar-refractivity contribution is -0.143. The number of hydrogen-bond acceptors (Lipinski definition) is 7. The van der Waals surface area contributed by atoms with Crippen LogP contribution in [0.1, 0.15) is 31.7 Å². The number of thioether (sulfide) groups is 1. The van der Waals surface area contributed by atoms with Gasteiger partial charge in [-0.25, -0.2) is 4.79 Å². The van der Waals surface area contributed by atoms with Gasteiger partial charge in [-0.2, -0.15) is 11.8 Å². The Morgan fingerprint density at radius 2 is 1.79 bits per heavy atom. The average molecular weight is 495 g/mol. The zero-order valence-electron chi connectivity index (χ0n) is 19.5. The minimum Gasteiger partial charge on any atom is -0.480 e. The summed E-state index contributed by atoms with van der Waals surface area (Å²) in [6.07, 6.45) is 2.52. The fraction of sp³-hybridized carbons (Fsp3) is 0.565. The average Bonchev–Trinajstić information content (AvgIpc) is 3.35. The van der Waals surface area contributed by atoms with Crippen molar-refractivity contribution < 1.29 is 29.4 Å². The molecule has 0 bridgehead atoms. The number of amides is 3. The van der Waals surface area contributed by atoms with Crippen molar-refractivity contribution in [2.24, 2.45) is 0 Å². The summed E-state index contributed by atoms with van der Waals surface area (Å²) < 4.78 is 0. The number of aliphatic hydroxyl groups excluding tert-OH is 1. The van der Waals surface area contributed by atoms with Crippen LogP contribution in [-0.2, 0) is 25.6 Å². The van der Waals surface area contributed by atoms with Crippen molar-refractivity contribution in [3.05, 3.63) is 35.9 Å². The Labute approximate surface area is 203 Å². The molecule has 1 aliphatic heterocycles. The molecular formula is C23H34N4O6S. The topological polar surface area (TPSA) is 157 Å². The number of carboxylic acid groups (broad SMARTS) is 1. The Balaban J connectivity index is 2.06. The molecule has 6 N–H and O–H groups in total. The number of aliphatic hydroxyl groups is 1. The summed E-state index contributed by atoms with van der Waals surface area (Å²) in [6, 6.07) is 4.93. The Morgan fingerprint density at radius 3 is 2.35 bits per heavy atom. The molecule has 2 rings (SSSR count). The number of carbonyl (C=O) groups excluding carboxylic acids is 3. The standard InChI is InChI=1S/C23H34N4O6S/c1-14(28)19(22(31)26-18(23(32)33)13-15-7-4-3-5-8-15)27-21(30)17(10-12-34-2)25-20(29)16-9-6-11-24-16/h3-5,7-8,14,16-19,24,28H,6,9-13H2,1-2H3,(H,25,29)(H,26,31)(H,27,30)(H,32,33). The maximum atomic E-state index is 13.0. The van der Waals surface area contributed by atoms with Gasteiger partial charge in [-0.1, -0.05) is 30.3 Å². The van der Waals surface area contributed by atoms with Gasteiger partial charge in [0.05, 0.1) is 12.1 Å². The molecule has 0 spiro atoms. The van der Waals surface area contributed by atoms with Crippen LogP contribution in [0.4, 0.5) is 0 Å². The van der Waals surface area contributed by atoms with E-state index in [9.17, 15) is 29.4 Å². The molecule has 188 valence electrons. The van der Waals surface area contributed by atoms with E-state index in [1.165, 1.54) is 18.7 Å². The van der Waals surface area contributed by atoms with Crippen LogP contribution in [0.3, 0.4) is 0 Å². The van der Waals surface area contributed by atoms with Gasteiger partial charge in [0.15, 0.2) is 0 Å². The van der Waals surface area contributed by atoms with Gasteiger partial charge in [0.1, 0.15) is 18.1 Å². The third-order valence-electron chi connectivity index (χ3n) is 5.58. The summed E-state index contributed by atoms with van der Waals surface area (Å²) in [7, 11) is 0. The van der Waals surface area contributed by atoms with Crippen molar-refractivity contribution in [1.82, 2.24) is 21.3 Å². The Kier molecular flexibility index (Phi) is 11.3. The molecule has 1 heterocycles. The highest BCUT2D eigenvalue weighted by Crippen LogP contribution is 2.09. The van der Waals surface area contributed by atoms with Gasteiger partial charge in [0.2, 0.25) is 17.7 Å². The van der Waals surface area contributed by atoms with E-state index in [4.69, 9.17) is 0 Å². The van der Waals surface area contributed by atoms with Gasteiger partial charge in [-0.3, -0.25) is 14.4 Å². The number of carbonyl (C=O) groups is 4. The summed E-state index contributed by atoms with van der Waals surface area (Å²) in [6.45, 7) is 2.06. The number of carboxylic acids is 1. The molecule has 1 fully saturated rings. The largest absolute Gasteiger partial charge is 0.480 e. The van der Waals surface area contributed by atoms with Crippen LogP contribution in [-0.4, -0.2) is 82.7 Å².